The predicted molar refractivity (Wildman–Crippen MR) is 105 cm³/mol. The van der Waals surface area contributed by atoms with Crippen LogP contribution >= 0.6 is 23.4 Å². The number of hydrogen-bond acceptors (Lipinski definition) is 4. The predicted octanol–water partition coefficient (Wildman–Crippen LogP) is 4.20. The number of hydrogen-bond donors (Lipinski definition) is 1. The number of halogens is 1. The van der Waals surface area contributed by atoms with Crippen LogP contribution in [-0.2, 0) is 10.5 Å². The molecular weight excluding hydrogens is 356 g/mol. The van der Waals surface area contributed by atoms with Crippen LogP contribution in [0.4, 0.5) is 0 Å². The van der Waals surface area contributed by atoms with Crippen LogP contribution in [0.5, 0.6) is 5.75 Å². The van der Waals surface area contributed by atoms with Crippen LogP contribution in [0, 0.1) is 0 Å². The van der Waals surface area contributed by atoms with E-state index in [1.165, 1.54) is 11.1 Å². The lowest BCUT2D eigenvalue weighted by atomic mass is 10.2. The molecule has 1 N–H and O–H groups in total. The van der Waals surface area contributed by atoms with E-state index in [4.69, 9.17) is 16.3 Å². The summed E-state index contributed by atoms with van der Waals surface area (Å²) in [5.41, 5.74) is 6.02. The zero-order valence-corrected chi connectivity index (χ0v) is 15.2. The molecule has 0 aliphatic carbocycles. The molecule has 0 spiro atoms. The lowest BCUT2D eigenvalue weighted by Crippen LogP contribution is -2.19. The number of hydrazone groups is 1. The summed E-state index contributed by atoms with van der Waals surface area (Å²) in [6.45, 7) is 0.424. The van der Waals surface area contributed by atoms with Gasteiger partial charge in [0.25, 0.3) is 0 Å². The largest absolute Gasteiger partial charge is 0.490 e. The molecule has 4 nitrogen and oxygen atoms in total. The van der Waals surface area contributed by atoms with Crippen molar-refractivity contribution in [2.24, 2.45) is 5.10 Å². The van der Waals surface area contributed by atoms with Crippen molar-refractivity contribution in [2.75, 3.05) is 12.4 Å². The number of ether oxygens (including phenoxy) is 1. The van der Waals surface area contributed by atoms with E-state index in [0.29, 0.717) is 12.4 Å². The summed E-state index contributed by atoms with van der Waals surface area (Å²) in [6, 6.07) is 17.4. The van der Waals surface area contributed by atoms with Gasteiger partial charge in [0.05, 0.1) is 12.0 Å². The number of thioether (sulfide) groups is 1. The highest BCUT2D eigenvalue weighted by Crippen LogP contribution is 2.12. The molecule has 0 fully saturated rings. The van der Waals surface area contributed by atoms with Gasteiger partial charge in [-0.15, -0.1) is 11.8 Å². The van der Waals surface area contributed by atoms with Crippen molar-refractivity contribution in [1.82, 2.24) is 5.43 Å². The average Bonchev–Trinajstić information content (AvgIpc) is 2.64. The summed E-state index contributed by atoms with van der Waals surface area (Å²) >= 11 is 6.98. The fourth-order valence-corrected chi connectivity index (χ4v) is 2.73. The molecule has 0 bridgehead atoms. The SMILES string of the molecule is O=C(CSCc1ccccc1)NN=Cc1ccc(OC/C=C/Cl)cc1. The van der Waals surface area contributed by atoms with Crippen LogP contribution in [0.25, 0.3) is 0 Å². The Balaban J connectivity index is 1.68. The second-order valence-corrected chi connectivity index (χ2v) is 6.25. The maximum atomic E-state index is 11.7. The molecule has 2 rings (SSSR count). The standard InChI is InChI=1S/C19H19ClN2O2S/c20-11-4-12-24-18-9-7-16(8-10-18)13-21-22-19(23)15-25-14-17-5-2-1-3-6-17/h1-11,13H,12,14-15H2,(H,22,23)/b11-4+,21-13?. The zero-order valence-electron chi connectivity index (χ0n) is 13.6. The van der Waals surface area contributed by atoms with Crippen LogP contribution in [0.15, 0.2) is 71.3 Å². The van der Waals surface area contributed by atoms with Crippen LogP contribution in [0.1, 0.15) is 11.1 Å². The first-order chi connectivity index (χ1) is 12.3. The van der Waals surface area contributed by atoms with E-state index in [9.17, 15) is 4.79 Å². The first-order valence-corrected chi connectivity index (χ1v) is 9.28. The number of amides is 1. The molecule has 0 aliphatic rings. The summed E-state index contributed by atoms with van der Waals surface area (Å²) in [4.78, 5) is 11.7. The Hall–Kier alpha value is -2.24. The van der Waals surface area contributed by atoms with Crippen molar-refractivity contribution >= 4 is 35.5 Å². The van der Waals surface area contributed by atoms with Crippen molar-refractivity contribution in [1.29, 1.82) is 0 Å². The van der Waals surface area contributed by atoms with Gasteiger partial charge in [-0.25, -0.2) is 5.43 Å². The van der Waals surface area contributed by atoms with Crippen molar-refractivity contribution < 1.29 is 9.53 Å². The van der Waals surface area contributed by atoms with Crippen LogP contribution in [-0.4, -0.2) is 24.5 Å². The molecule has 6 heteroatoms. The summed E-state index contributed by atoms with van der Waals surface area (Å²) < 4.78 is 5.44. The number of nitrogens with zero attached hydrogens (tertiary/aromatic N) is 1. The lowest BCUT2D eigenvalue weighted by Gasteiger charge is -2.03. The summed E-state index contributed by atoms with van der Waals surface area (Å²) in [7, 11) is 0. The molecule has 0 atom stereocenters. The fraction of sp³-hybridized carbons (Fsp3) is 0.158. The minimum absolute atomic E-state index is 0.120. The van der Waals surface area contributed by atoms with Gasteiger partial charge in [0, 0.05) is 11.3 Å². The van der Waals surface area contributed by atoms with Crippen LogP contribution < -0.4 is 10.2 Å². The zero-order chi connectivity index (χ0) is 17.7. The number of benzene rings is 2. The number of carbonyl (C=O) groups excluding carboxylic acids is 1. The Morgan fingerprint density at radius 2 is 1.92 bits per heavy atom. The number of nitrogens with one attached hydrogen (secondary N) is 1. The second-order valence-electron chi connectivity index (χ2n) is 5.01. The Morgan fingerprint density at radius 1 is 1.16 bits per heavy atom. The van der Waals surface area contributed by atoms with Gasteiger partial charge in [-0.2, -0.15) is 5.10 Å². The van der Waals surface area contributed by atoms with E-state index in [1.54, 1.807) is 24.1 Å². The molecule has 1 amide bonds. The van der Waals surface area contributed by atoms with Gasteiger partial charge in [0.2, 0.25) is 5.91 Å². The Labute approximate surface area is 156 Å². The number of rotatable bonds is 9. The highest BCUT2D eigenvalue weighted by atomic mass is 35.5. The number of carbonyl (C=O) groups is 1. The first kappa shape index (κ1) is 19.1. The Kier molecular flexibility index (Phi) is 8.66. The van der Waals surface area contributed by atoms with E-state index >= 15 is 0 Å². The molecular formula is C19H19ClN2O2S. The van der Waals surface area contributed by atoms with Crippen molar-refractivity contribution in [2.45, 2.75) is 5.75 Å². The average molecular weight is 375 g/mol. The normalized spacial score (nSPS) is 11.1. The van der Waals surface area contributed by atoms with Crippen LogP contribution in [0.2, 0.25) is 0 Å². The molecule has 0 heterocycles. The molecule has 0 aliphatic heterocycles. The third kappa shape index (κ3) is 7.92. The summed E-state index contributed by atoms with van der Waals surface area (Å²) in [6.07, 6.45) is 3.31. The maximum Gasteiger partial charge on any atom is 0.250 e. The lowest BCUT2D eigenvalue weighted by molar-refractivity contribution is -0.118. The van der Waals surface area contributed by atoms with Gasteiger partial charge in [-0.3, -0.25) is 4.79 Å². The molecule has 0 saturated heterocycles. The third-order valence-electron chi connectivity index (χ3n) is 3.06. The molecule has 0 unspecified atom stereocenters. The molecule has 2 aromatic carbocycles. The van der Waals surface area contributed by atoms with E-state index in [-0.39, 0.29) is 5.91 Å². The van der Waals surface area contributed by atoms with Gasteiger partial charge >= 0.3 is 0 Å². The summed E-state index contributed by atoms with van der Waals surface area (Å²) in [5.74, 6) is 1.80. The van der Waals surface area contributed by atoms with E-state index in [1.807, 2.05) is 54.6 Å². The summed E-state index contributed by atoms with van der Waals surface area (Å²) in [5, 5.41) is 3.96. The van der Waals surface area contributed by atoms with Gasteiger partial charge < -0.3 is 4.74 Å². The van der Waals surface area contributed by atoms with Crippen molar-refractivity contribution in [3.8, 4) is 5.75 Å². The van der Waals surface area contributed by atoms with E-state index in [2.05, 4.69) is 10.5 Å². The highest BCUT2D eigenvalue weighted by molar-refractivity contribution is 7.99. The topological polar surface area (TPSA) is 50.7 Å². The van der Waals surface area contributed by atoms with Crippen LogP contribution in [0.3, 0.4) is 0 Å². The maximum absolute atomic E-state index is 11.7. The highest BCUT2D eigenvalue weighted by Gasteiger charge is 2.00. The second kappa shape index (κ2) is 11.3. The molecule has 0 aromatic heterocycles. The van der Waals surface area contributed by atoms with Gasteiger partial charge in [0.1, 0.15) is 12.4 Å². The quantitative estimate of drug-likeness (QED) is 0.528. The van der Waals surface area contributed by atoms with Crippen molar-refractivity contribution in [3.05, 3.63) is 77.3 Å². The third-order valence-corrected chi connectivity index (χ3v) is 4.24. The van der Waals surface area contributed by atoms with E-state index in [0.717, 1.165) is 17.1 Å². The van der Waals surface area contributed by atoms with E-state index < -0.39 is 0 Å². The molecule has 2 aromatic rings. The molecule has 0 radical (unpaired) electrons. The molecule has 25 heavy (non-hydrogen) atoms. The Bertz CT molecular complexity index is 703. The Morgan fingerprint density at radius 3 is 2.64 bits per heavy atom. The smallest absolute Gasteiger partial charge is 0.250 e. The molecule has 130 valence electrons. The van der Waals surface area contributed by atoms with Gasteiger partial charge in [-0.1, -0.05) is 41.9 Å². The molecule has 0 saturated carbocycles. The monoisotopic (exact) mass is 374 g/mol. The fourth-order valence-electron chi connectivity index (χ4n) is 1.88. The minimum atomic E-state index is -0.120. The van der Waals surface area contributed by atoms with Crippen molar-refractivity contribution in [3.63, 3.8) is 0 Å². The van der Waals surface area contributed by atoms with Gasteiger partial charge in [0.15, 0.2) is 0 Å². The first-order valence-electron chi connectivity index (χ1n) is 7.69. The minimum Gasteiger partial charge on any atom is -0.490 e. The van der Waals surface area contributed by atoms with Gasteiger partial charge in [-0.05, 0) is 41.5 Å².